The van der Waals surface area contributed by atoms with Crippen molar-refractivity contribution in [3.63, 3.8) is 0 Å². The highest BCUT2D eigenvalue weighted by Gasteiger charge is 2.38. The molecule has 0 spiro atoms. The fraction of sp³-hybridized carbons (Fsp3) is 0.556. The fourth-order valence-electron chi connectivity index (χ4n) is 3.39. The Balaban J connectivity index is 2.03. The summed E-state index contributed by atoms with van der Waals surface area (Å²) in [5.41, 5.74) is 0.433. The molecule has 1 aliphatic rings. The minimum Gasteiger partial charge on any atom is -0.481 e. The van der Waals surface area contributed by atoms with Crippen LogP contribution in [0, 0.1) is 5.41 Å². The van der Waals surface area contributed by atoms with Gasteiger partial charge in [0, 0.05) is 12.0 Å². The Bertz CT molecular complexity index is 506. The van der Waals surface area contributed by atoms with Crippen LogP contribution < -0.4 is 5.32 Å². The Morgan fingerprint density at radius 3 is 2.36 bits per heavy atom. The maximum atomic E-state index is 12.6. The van der Waals surface area contributed by atoms with Gasteiger partial charge in [0.15, 0.2) is 0 Å². The van der Waals surface area contributed by atoms with Gasteiger partial charge < -0.3 is 10.4 Å². The van der Waals surface area contributed by atoms with Crippen molar-refractivity contribution < 1.29 is 14.7 Å². The van der Waals surface area contributed by atoms with Gasteiger partial charge in [-0.2, -0.15) is 0 Å². The summed E-state index contributed by atoms with van der Waals surface area (Å²) < 4.78 is 0. The van der Waals surface area contributed by atoms with Gasteiger partial charge in [-0.3, -0.25) is 9.59 Å². The van der Waals surface area contributed by atoms with Gasteiger partial charge in [0.1, 0.15) is 0 Å². The molecule has 1 atom stereocenters. The number of nitrogens with one attached hydrogen (secondary N) is 1. The molecule has 4 heteroatoms. The molecule has 1 amide bonds. The Kier molecular flexibility index (Phi) is 5.58. The fourth-order valence-corrected chi connectivity index (χ4v) is 3.39. The molecule has 0 saturated heterocycles. The number of carbonyl (C=O) groups excluding carboxylic acids is 1. The highest BCUT2D eigenvalue weighted by atomic mass is 16.4. The second-order valence-electron chi connectivity index (χ2n) is 6.21. The van der Waals surface area contributed by atoms with Crippen LogP contribution in [-0.2, 0) is 9.59 Å². The van der Waals surface area contributed by atoms with Crippen molar-refractivity contribution >= 4 is 11.9 Å². The average molecular weight is 303 g/mol. The van der Waals surface area contributed by atoms with Gasteiger partial charge in [-0.15, -0.1) is 0 Å². The lowest BCUT2D eigenvalue weighted by Gasteiger charge is -2.35. The van der Waals surface area contributed by atoms with E-state index in [1.54, 1.807) is 12.1 Å². The average Bonchev–Trinajstić information content (AvgIpc) is 2.56. The van der Waals surface area contributed by atoms with Crippen LogP contribution in [0.2, 0.25) is 0 Å². The molecular formula is C18H25NO3. The first-order valence-electron chi connectivity index (χ1n) is 8.15. The van der Waals surface area contributed by atoms with Gasteiger partial charge in [-0.25, -0.2) is 0 Å². The predicted molar refractivity (Wildman–Crippen MR) is 85.6 cm³/mol. The molecule has 0 aromatic heterocycles. The Morgan fingerprint density at radius 2 is 1.82 bits per heavy atom. The molecule has 1 fully saturated rings. The third-order valence-corrected chi connectivity index (χ3v) is 4.94. The molecule has 1 aromatic carbocycles. The van der Waals surface area contributed by atoms with Crippen LogP contribution in [-0.4, -0.2) is 23.5 Å². The Morgan fingerprint density at radius 1 is 1.18 bits per heavy atom. The summed E-state index contributed by atoms with van der Waals surface area (Å²) >= 11 is 0. The molecule has 0 heterocycles. The molecule has 0 radical (unpaired) electrons. The summed E-state index contributed by atoms with van der Waals surface area (Å²) in [4.78, 5) is 24.1. The summed E-state index contributed by atoms with van der Waals surface area (Å²) in [6.45, 7) is 2.21. The lowest BCUT2D eigenvalue weighted by Crippen LogP contribution is -2.44. The van der Waals surface area contributed by atoms with Gasteiger partial charge in [-0.1, -0.05) is 56.5 Å². The molecule has 2 N–H and O–H groups in total. The molecule has 1 aromatic rings. The highest BCUT2D eigenvalue weighted by Crippen LogP contribution is 2.39. The second kappa shape index (κ2) is 7.43. The number of hydrogen-bond donors (Lipinski definition) is 2. The van der Waals surface area contributed by atoms with Crippen molar-refractivity contribution in [1.29, 1.82) is 0 Å². The Labute approximate surface area is 131 Å². The largest absolute Gasteiger partial charge is 0.481 e. The summed E-state index contributed by atoms with van der Waals surface area (Å²) in [5.74, 6) is -1.57. The highest BCUT2D eigenvalue weighted by molar-refractivity contribution is 5.84. The predicted octanol–water partition coefficient (Wildman–Crippen LogP) is 3.33. The molecule has 1 saturated carbocycles. The van der Waals surface area contributed by atoms with Crippen molar-refractivity contribution in [2.45, 2.75) is 51.4 Å². The van der Waals surface area contributed by atoms with Crippen LogP contribution >= 0.6 is 0 Å². The number of carbonyl (C=O) groups is 2. The van der Waals surface area contributed by atoms with Crippen molar-refractivity contribution in [3.8, 4) is 0 Å². The molecule has 1 unspecified atom stereocenters. The van der Waals surface area contributed by atoms with Gasteiger partial charge in [-0.05, 0) is 24.8 Å². The van der Waals surface area contributed by atoms with Crippen LogP contribution in [0.4, 0.5) is 0 Å². The minimum atomic E-state index is -0.902. The maximum absolute atomic E-state index is 12.6. The number of carboxylic acid groups (broad SMARTS) is 1. The zero-order valence-corrected chi connectivity index (χ0v) is 13.2. The van der Waals surface area contributed by atoms with E-state index in [1.807, 2.05) is 18.2 Å². The molecule has 1 aliphatic carbocycles. The summed E-state index contributed by atoms with van der Waals surface area (Å²) in [5, 5.41) is 12.3. The number of hydrogen-bond acceptors (Lipinski definition) is 2. The molecule has 0 aliphatic heterocycles. The lowest BCUT2D eigenvalue weighted by atomic mass is 9.71. The molecule has 2 rings (SSSR count). The minimum absolute atomic E-state index is 0.0249. The van der Waals surface area contributed by atoms with Crippen LogP contribution in [0.25, 0.3) is 0 Å². The van der Waals surface area contributed by atoms with Gasteiger partial charge in [0.05, 0.1) is 5.92 Å². The van der Waals surface area contributed by atoms with E-state index in [2.05, 4.69) is 12.2 Å². The first kappa shape index (κ1) is 16.5. The van der Waals surface area contributed by atoms with E-state index in [0.29, 0.717) is 0 Å². The third kappa shape index (κ3) is 3.67. The normalized spacial score (nSPS) is 18.4. The zero-order chi connectivity index (χ0) is 16.0. The van der Waals surface area contributed by atoms with Crippen molar-refractivity contribution in [2.75, 3.05) is 6.54 Å². The van der Waals surface area contributed by atoms with Crippen LogP contribution in [0.5, 0.6) is 0 Å². The van der Waals surface area contributed by atoms with E-state index in [-0.39, 0.29) is 17.9 Å². The van der Waals surface area contributed by atoms with E-state index in [9.17, 15) is 14.7 Å². The standard InChI is InChI=1S/C18H25NO3/c1-2-18(11-7-4-8-12-18)17(22)19-13-15(16(20)21)14-9-5-3-6-10-14/h3,5-6,9-10,15H,2,4,7-8,11-13H2,1H3,(H,19,22)(H,20,21). The first-order chi connectivity index (χ1) is 10.6. The maximum Gasteiger partial charge on any atom is 0.312 e. The number of aliphatic carboxylic acids is 1. The lowest BCUT2D eigenvalue weighted by molar-refractivity contribution is -0.139. The number of benzene rings is 1. The smallest absolute Gasteiger partial charge is 0.312 e. The van der Waals surface area contributed by atoms with Crippen molar-refractivity contribution in [3.05, 3.63) is 35.9 Å². The van der Waals surface area contributed by atoms with Gasteiger partial charge in [0.2, 0.25) is 5.91 Å². The number of rotatable bonds is 6. The molecule has 4 nitrogen and oxygen atoms in total. The van der Waals surface area contributed by atoms with Crippen LogP contribution in [0.15, 0.2) is 30.3 Å². The molecule has 120 valence electrons. The zero-order valence-electron chi connectivity index (χ0n) is 13.2. The summed E-state index contributed by atoms with van der Waals surface area (Å²) in [6, 6.07) is 9.08. The van der Waals surface area contributed by atoms with Crippen molar-refractivity contribution in [1.82, 2.24) is 5.32 Å². The molecular weight excluding hydrogens is 278 g/mol. The quantitative estimate of drug-likeness (QED) is 0.847. The van der Waals surface area contributed by atoms with Crippen molar-refractivity contribution in [2.24, 2.45) is 5.41 Å². The van der Waals surface area contributed by atoms with Gasteiger partial charge in [0.25, 0.3) is 0 Å². The summed E-state index contributed by atoms with van der Waals surface area (Å²) in [6.07, 6.45) is 6.01. The van der Waals surface area contributed by atoms with E-state index >= 15 is 0 Å². The van der Waals surface area contributed by atoms with Gasteiger partial charge >= 0.3 is 5.97 Å². The third-order valence-electron chi connectivity index (χ3n) is 4.94. The first-order valence-corrected chi connectivity index (χ1v) is 8.15. The summed E-state index contributed by atoms with van der Waals surface area (Å²) in [7, 11) is 0. The molecule has 22 heavy (non-hydrogen) atoms. The Hall–Kier alpha value is -1.84. The van der Waals surface area contributed by atoms with Crippen LogP contribution in [0.1, 0.15) is 56.9 Å². The number of carboxylic acids is 1. The number of amides is 1. The monoisotopic (exact) mass is 303 g/mol. The van der Waals surface area contributed by atoms with E-state index in [4.69, 9.17) is 0 Å². The van der Waals surface area contributed by atoms with E-state index in [1.165, 1.54) is 6.42 Å². The molecule has 0 bridgehead atoms. The topological polar surface area (TPSA) is 66.4 Å². The van der Waals surface area contributed by atoms with E-state index < -0.39 is 11.9 Å². The SMILES string of the molecule is CCC1(C(=O)NCC(C(=O)O)c2ccccc2)CCCCC1. The van der Waals surface area contributed by atoms with Crippen LogP contribution in [0.3, 0.4) is 0 Å². The second-order valence-corrected chi connectivity index (χ2v) is 6.21. The van der Waals surface area contributed by atoms with E-state index in [0.717, 1.165) is 37.7 Å².